The van der Waals surface area contributed by atoms with Crippen LogP contribution in [0.15, 0.2) is 35.1 Å². The first-order valence-electron chi connectivity index (χ1n) is 10.6. The smallest absolute Gasteiger partial charge is 0.276 e. The Morgan fingerprint density at radius 3 is 2.62 bits per heavy atom. The normalized spacial score (nSPS) is 21.5. The Morgan fingerprint density at radius 1 is 1.17 bits per heavy atom. The van der Waals surface area contributed by atoms with Crippen molar-refractivity contribution in [2.75, 3.05) is 0 Å². The SMILES string of the molecule is Cc1cc2nc3c(c(=O)n2[nH]1)C[C@H]1CC[C@H](C3)N1Cc1ccc(OC(C)C)cc1. The van der Waals surface area contributed by atoms with E-state index in [2.05, 4.69) is 34.3 Å². The molecule has 1 N–H and O–H groups in total. The van der Waals surface area contributed by atoms with E-state index in [9.17, 15) is 4.79 Å². The van der Waals surface area contributed by atoms with Crippen LogP contribution in [0.1, 0.15) is 49.2 Å². The van der Waals surface area contributed by atoms with Gasteiger partial charge < -0.3 is 4.74 Å². The summed E-state index contributed by atoms with van der Waals surface area (Å²) in [6.45, 7) is 6.95. The van der Waals surface area contributed by atoms with Gasteiger partial charge in [-0.05, 0) is 57.7 Å². The van der Waals surface area contributed by atoms with Crippen molar-refractivity contribution in [1.29, 1.82) is 0 Å². The van der Waals surface area contributed by atoms with Gasteiger partial charge >= 0.3 is 0 Å². The predicted molar refractivity (Wildman–Crippen MR) is 113 cm³/mol. The zero-order chi connectivity index (χ0) is 20.1. The lowest BCUT2D eigenvalue weighted by Gasteiger charge is -2.28. The second-order valence-electron chi connectivity index (χ2n) is 8.75. The number of aryl methyl sites for hydroxylation is 1. The van der Waals surface area contributed by atoms with Crippen LogP contribution >= 0.6 is 0 Å². The van der Waals surface area contributed by atoms with Crippen LogP contribution in [0, 0.1) is 6.92 Å². The summed E-state index contributed by atoms with van der Waals surface area (Å²) in [6.07, 6.45) is 4.14. The first-order valence-corrected chi connectivity index (χ1v) is 10.6. The predicted octanol–water partition coefficient (Wildman–Crippen LogP) is 3.25. The summed E-state index contributed by atoms with van der Waals surface area (Å²) in [5, 5.41) is 3.13. The minimum absolute atomic E-state index is 0.0702. The van der Waals surface area contributed by atoms with Crippen molar-refractivity contribution in [3.8, 4) is 5.75 Å². The molecule has 1 aromatic carbocycles. The third kappa shape index (κ3) is 3.35. The average Bonchev–Trinajstić information content (AvgIpc) is 3.17. The van der Waals surface area contributed by atoms with E-state index in [1.165, 1.54) is 12.0 Å². The van der Waals surface area contributed by atoms with Crippen molar-refractivity contribution >= 4 is 5.65 Å². The number of ether oxygens (including phenoxy) is 1. The summed E-state index contributed by atoms with van der Waals surface area (Å²) in [6, 6.07) is 11.2. The molecule has 0 radical (unpaired) electrons. The fourth-order valence-corrected chi connectivity index (χ4v) is 4.93. The first kappa shape index (κ1) is 18.4. The summed E-state index contributed by atoms with van der Waals surface area (Å²) in [5.41, 5.74) is 4.94. The molecule has 3 aromatic rings. The molecule has 1 fully saturated rings. The van der Waals surface area contributed by atoms with Crippen LogP contribution in [-0.4, -0.2) is 37.7 Å². The van der Waals surface area contributed by atoms with E-state index in [-0.39, 0.29) is 11.7 Å². The Balaban J connectivity index is 1.41. The van der Waals surface area contributed by atoms with Crippen LogP contribution < -0.4 is 10.3 Å². The standard InChI is InChI=1S/C23H28N4O2/c1-14(2)29-19-8-4-16(5-9-19)13-26-17-6-7-18(26)12-21-20(11-17)23(28)27-22(24-21)10-15(3)25-27/h4-5,8-10,14,17-18,25H,6-7,11-13H2,1-3H3/t17-,18-/m1/s1. The Labute approximate surface area is 170 Å². The molecule has 2 atom stereocenters. The van der Waals surface area contributed by atoms with Gasteiger partial charge in [-0.1, -0.05) is 12.1 Å². The van der Waals surface area contributed by atoms with Gasteiger partial charge in [0.25, 0.3) is 5.56 Å². The fraction of sp³-hybridized carbons (Fsp3) is 0.478. The van der Waals surface area contributed by atoms with Gasteiger partial charge in [0.1, 0.15) is 5.75 Å². The Bertz CT molecular complexity index is 1100. The van der Waals surface area contributed by atoms with Gasteiger partial charge in [0, 0.05) is 42.4 Å². The van der Waals surface area contributed by atoms with Crippen molar-refractivity contribution in [2.24, 2.45) is 0 Å². The molecule has 0 amide bonds. The second-order valence-corrected chi connectivity index (χ2v) is 8.75. The molecule has 1 saturated heterocycles. The molecular formula is C23H28N4O2. The number of benzene rings is 1. The van der Waals surface area contributed by atoms with Gasteiger partial charge in [0.05, 0.1) is 11.8 Å². The minimum Gasteiger partial charge on any atom is -0.491 e. The summed E-state index contributed by atoms with van der Waals surface area (Å²) < 4.78 is 7.37. The van der Waals surface area contributed by atoms with Crippen molar-refractivity contribution in [2.45, 2.75) is 71.2 Å². The quantitative estimate of drug-likeness (QED) is 0.740. The Hall–Kier alpha value is -2.60. The molecule has 0 saturated carbocycles. The highest BCUT2D eigenvalue weighted by atomic mass is 16.5. The molecule has 0 unspecified atom stereocenters. The Kier molecular flexibility index (Phi) is 4.46. The van der Waals surface area contributed by atoms with Crippen LogP contribution in [-0.2, 0) is 19.4 Å². The fourth-order valence-electron chi connectivity index (χ4n) is 4.93. The van der Waals surface area contributed by atoms with Gasteiger partial charge in [-0.15, -0.1) is 0 Å². The lowest BCUT2D eigenvalue weighted by molar-refractivity contribution is 0.187. The number of H-pyrrole nitrogens is 1. The van der Waals surface area contributed by atoms with Crippen molar-refractivity contribution in [1.82, 2.24) is 19.5 Å². The molecule has 2 aliphatic rings. The van der Waals surface area contributed by atoms with Gasteiger partial charge in [-0.2, -0.15) is 0 Å². The number of aromatic amines is 1. The van der Waals surface area contributed by atoms with Crippen molar-refractivity contribution < 1.29 is 4.74 Å². The minimum atomic E-state index is 0.0702. The molecule has 4 heterocycles. The number of hydrogen-bond donors (Lipinski definition) is 1. The van der Waals surface area contributed by atoms with Crippen LogP contribution in [0.3, 0.4) is 0 Å². The second kappa shape index (κ2) is 7.02. The van der Waals surface area contributed by atoms with Gasteiger partial charge in [-0.3, -0.25) is 14.8 Å². The molecule has 2 aliphatic heterocycles. The molecular weight excluding hydrogens is 364 g/mol. The number of fused-ring (bicyclic) bond motifs is 4. The highest BCUT2D eigenvalue weighted by Crippen LogP contribution is 2.34. The lowest BCUT2D eigenvalue weighted by atomic mass is 9.98. The van der Waals surface area contributed by atoms with Gasteiger partial charge in [0.15, 0.2) is 5.65 Å². The monoisotopic (exact) mass is 392 g/mol. The summed E-state index contributed by atoms with van der Waals surface area (Å²) in [7, 11) is 0. The highest BCUT2D eigenvalue weighted by Gasteiger charge is 2.38. The van der Waals surface area contributed by atoms with E-state index in [4.69, 9.17) is 9.72 Å². The van der Waals surface area contributed by atoms with Crippen LogP contribution in [0.25, 0.3) is 5.65 Å². The zero-order valence-corrected chi connectivity index (χ0v) is 17.3. The maximum Gasteiger partial charge on any atom is 0.276 e. The molecule has 2 aromatic heterocycles. The van der Waals surface area contributed by atoms with Crippen molar-refractivity contribution in [3.05, 3.63) is 63.2 Å². The molecule has 2 bridgehead atoms. The van der Waals surface area contributed by atoms with E-state index < -0.39 is 0 Å². The van der Waals surface area contributed by atoms with E-state index in [0.717, 1.165) is 54.2 Å². The number of nitrogens with one attached hydrogen (secondary N) is 1. The highest BCUT2D eigenvalue weighted by molar-refractivity contribution is 5.42. The number of rotatable bonds is 4. The molecule has 0 aliphatic carbocycles. The molecule has 5 rings (SSSR count). The number of aromatic nitrogens is 3. The van der Waals surface area contributed by atoms with E-state index in [1.807, 2.05) is 26.8 Å². The first-order chi connectivity index (χ1) is 14.0. The van der Waals surface area contributed by atoms with Crippen LogP contribution in [0.4, 0.5) is 0 Å². The average molecular weight is 393 g/mol. The largest absolute Gasteiger partial charge is 0.491 e. The molecule has 152 valence electrons. The summed E-state index contributed by atoms with van der Waals surface area (Å²) in [4.78, 5) is 20.5. The molecule has 0 spiro atoms. The Morgan fingerprint density at radius 2 is 1.90 bits per heavy atom. The maximum absolute atomic E-state index is 13.1. The third-order valence-electron chi connectivity index (χ3n) is 6.22. The van der Waals surface area contributed by atoms with Crippen LogP contribution in [0.2, 0.25) is 0 Å². The number of nitrogens with zero attached hydrogens (tertiary/aromatic N) is 3. The molecule has 6 nitrogen and oxygen atoms in total. The van der Waals surface area contributed by atoms with E-state index >= 15 is 0 Å². The van der Waals surface area contributed by atoms with Gasteiger partial charge in [-0.25, -0.2) is 9.50 Å². The maximum atomic E-state index is 13.1. The van der Waals surface area contributed by atoms with Crippen LogP contribution in [0.5, 0.6) is 5.75 Å². The number of hydrogen-bond acceptors (Lipinski definition) is 4. The van der Waals surface area contributed by atoms with Crippen molar-refractivity contribution in [3.63, 3.8) is 0 Å². The molecule has 6 heteroatoms. The van der Waals surface area contributed by atoms with Gasteiger partial charge in [0.2, 0.25) is 0 Å². The molecule has 29 heavy (non-hydrogen) atoms. The van der Waals surface area contributed by atoms with E-state index in [0.29, 0.717) is 12.1 Å². The zero-order valence-electron chi connectivity index (χ0n) is 17.3. The summed E-state index contributed by atoms with van der Waals surface area (Å²) >= 11 is 0. The van der Waals surface area contributed by atoms with E-state index in [1.54, 1.807) is 4.52 Å². The topological polar surface area (TPSA) is 62.6 Å². The summed E-state index contributed by atoms with van der Waals surface area (Å²) in [5.74, 6) is 0.914. The lowest BCUT2D eigenvalue weighted by Crippen LogP contribution is -2.36. The third-order valence-corrected chi connectivity index (χ3v) is 6.22.